The molecule has 1 N–H and O–H groups in total. The van der Waals surface area contributed by atoms with Crippen molar-refractivity contribution in [2.45, 2.75) is 19.8 Å². The molecule has 0 saturated heterocycles. The van der Waals surface area contributed by atoms with Crippen LogP contribution in [0, 0.1) is 0 Å². The maximum atomic E-state index is 12.1. The molecule has 2 heterocycles. The summed E-state index contributed by atoms with van der Waals surface area (Å²) in [6, 6.07) is 13.7. The van der Waals surface area contributed by atoms with Gasteiger partial charge in [0.2, 0.25) is 5.91 Å². The lowest BCUT2D eigenvalue weighted by Gasteiger charge is -2.04. The number of carbonyl (C=O) groups excluding carboxylic acids is 1. The molecule has 3 aromatic rings. The number of carbonyl (C=O) groups is 1. The van der Waals surface area contributed by atoms with Crippen LogP contribution in [0.4, 0.5) is 5.69 Å². The van der Waals surface area contributed by atoms with Crippen molar-refractivity contribution in [2.75, 3.05) is 5.32 Å². The molecule has 0 aliphatic rings. The highest BCUT2D eigenvalue weighted by atomic mass is 16.1. The molecule has 1 amide bonds. The SMILES string of the molecule is CCc1ccc(NC(=O)Cc2cn3ccccc3n2)cc1. The first-order valence-electron chi connectivity index (χ1n) is 7.06. The Morgan fingerprint density at radius 2 is 2.00 bits per heavy atom. The molecular formula is C17H17N3O. The molecule has 0 unspecified atom stereocenters. The van der Waals surface area contributed by atoms with Crippen LogP contribution >= 0.6 is 0 Å². The fraction of sp³-hybridized carbons (Fsp3) is 0.176. The van der Waals surface area contributed by atoms with Gasteiger partial charge in [-0.3, -0.25) is 4.79 Å². The number of imidazole rings is 1. The molecular weight excluding hydrogens is 262 g/mol. The van der Waals surface area contributed by atoms with Crippen molar-refractivity contribution < 1.29 is 4.79 Å². The number of benzene rings is 1. The predicted octanol–water partition coefficient (Wildman–Crippen LogP) is 3.08. The monoisotopic (exact) mass is 279 g/mol. The van der Waals surface area contributed by atoms with Gasteiger partial charge in [-0.15, -0.1) is 0 Å². The third-order valence-electron chi connectivity index (χ3n) is 3.40. The van der Waals surface area contributed by atoms with Crippen LogP contribution in [0.1, 0.15) is 18.2 Å². The van der Waals surface area contributed by atoms with Crippen LogP contribution in [-0.2, 0) is 17.6 Å². The quantitative estimate of drug-likeness (QED) is 0.797. The summed E-state index contributed by atoms with van der Waals surface area (Å²) in [4.78, 5) is 16.5. The molecule has 0 radical (unpaired) electrons. The van der Waals surface area contributed by atoms with Crippen molar-refractivity contribution in [1.29, 1.82) is 0 Å². The van der Waals surface area contributed by atoms with Crippen molar-refractivity contribution in [1.82, 2.24) is 9.38 Å². The summed E-state index contributed by atoms with van der Waals surface area (Å²) in [6.45, 7) is 2.11. The fourth-order valence-corrected chi connectivity index (χ4v) is 2.27. The summed E-state index contributed by atoms with van der Waals surface area (Å²) in [5, 5.41) is 2.90. The van der Waals surface area contributed by atoms with Crippen molar-refractivity contribution in [3.63, 3.8) is 0 Å². The fourth-order valence-electron chi connectivity index (χ4n) is 2.27. The van der Waals surface area contributed by atoms with E-state index in [-0.39, 0.29) is 12.3 Å². The molecule has 106 valence electrons. The summed E-state index contributed by atoms with van der Waals surface area (Å²) in [6.07, 6.45) is 5.08. The zero-order chi connectivity index (χ0) is 14.7. The molecule has 0 aliphatic heterocycles. The van der Waals surface area contributed by atoms with E-state index in [0.29, 0.717) is 0 Å². The zero-order valence-electron chi connectivity index (χ0n) is 11.9. The third-order valence-corrected chi connectivity index (χ3v) is 3.40. The average Bonchev–Trinajstić information content (AvgIpc) is 2.90. The van der Waals surface area contributed by atoms with E-state index in [1.807, 2.05) is 59.3 Å². The number of hydrogen-bond acceptors (Lipinski definition) is 2. The number of anilines is 1. The Labute approximate surface area is 123 Å². The number of fused-ring (bicyclic) bond motifs is 1. The van der Waals surface area contributed by atoms with E-state index in [1.54, 1.807) is 0 Å². The second-order valence-corrected chi connectivity index (χ2v) is 4.97. The molecule has 0 saturated carbocycles. The van der Waals surface area contributed by atoms with Crippen molar-refractivity contribution >= 4 is 17.2 Å². The Hall–Kier alpha value is -2.62. The zero-order valence-corrected chi connectivity index (χ0v) is 11.9. The van der Waals surface area contributed by atoms with E-state index in [9.17, 15) is 4.79 Å². The van der Waals surface area contributed by atoms with Crippen LogP contribution in [0.2, 0.25) is 0 Å². The van der Waals surface area contributed by atoms with Gasteiger partial charge in [0.05, 0.1) is 12.1 Å². The molecule has 1 aromatic carbocycles. The molecule has 0 aliphatic carbocycles. The molecule has 3 rings (SSSR count). The molecule has 0 bridgehead atoms. The lowest BCUT2D eigenvalue weighted by Crippen LogP contribution is -2.14. The number of amides is 1. The van der Waals surface area contributed by atoms with Crippen molar-refractivity contribution in [3.8, 4) is 0 Å². The Morgan fingerprint density at radius 1 is 1.19 bits per heavy atom. The maximum absolute atomic E-state index is 12.1. The number of pyridine rings is 1. The van der Waals surface area contributed by atoms with Gasteiger partial charge in [-0.1, -0.05) is 25.1 Å². The van der Waals surface area contributed by atoms with Gasteiger partial charge in [0.1, 0.15) is 5.65 Å². The second-order valence-electron chi connectivity index (χ2n) is 4.97. The van der Waals surface area contributed by atoms with Gasteiger partial charge in [-0.2, -0.15) is 0 Å². The third kappa shape index (κ3) is 3.11. The highest BCUT2D eigenvalue weighted by Crippen LogP contribution is 2.11. The van der Waals surface area contributed by atoms with Crippen LogP contribution in [0.3, 0.4) is 0 Å². The summed E-state index contributed by atoms with van der Waals surface area (Å²) >= 11 is 0. The van der Waals surface area contributed by atoms with E-state index in [1.165, 1.54) is 5.56 Å². The van der Waals surface area contributed by atoms with Crippen molar-refractivity contribution in [2.24, 2.45) is 0 Å². The summed E-state index contributed by atoms with van der Waals surface area (Å²) in [5.41, 5.74) is 3.70. The van der Waals surface area contributed by atoms with Crippen LogP contribution in [0.5, 0.6) is 0 Å². The van der Waals surface area contributed by atoms with Crippen molar-refractivity contribution in [3.05, 3.63) is 66.1 Å². The number of aromatic nitrogens is 2. The molecule has 0 spiro atoms. The van der Waals surface area contributed by atoms with Gasteiger partial charge in [0.15, 0.2) is 0 Å². The van der Waals surface area contributed by atoms with Crippen LogP contribution in [-0.4, -0.2) is 15.3 Å². The van der Waals surface area contributed by atoms with Crippen LogP contribution in [0.15, 0.2) is 54.9 Å². The van der Waals surface area contributed by atoms with Gasteiger partial charge >= 0.3 is 0 Å². The number of hydrogen-bond donors (Lipinski definition) is 1. The first kappa shape index (κ1) is 13.4. The van der Waals surface area contributed by atoms with Crippen LogP contribution in [0.25, 0.3) is 5.65 Å². The van der Waals surface area contributed by atoms with Gasteiger partial charge in [0.25, 0.3) is 0 Å². The molecule has 0 atom stereocenters. The minimum Gasteiger partial charge on any atom is -0.326 e. The minimum atomic E-state index is -0.0531. The van der Waals surface area contributed by atoms with E-state index in [2.05, 4.69) is 17.2 Å². The summed E-state index contributed by atoms with van der Waals surface area (Å²) < 4.78 is 1.92. The van der Waals surface area contributed by atoms with E-state index < -0.39 is 0 Å². The van der Waals surface area contributed by atoms with Crippen LogP contribution < -0.4 is 5.32 Å². The molecule has 4 heteroatoms. The Kier molecular flexibility index (Phi) is 3.69. The standard InChI is InChI=1S/C17H17N3O/c1-2-13-6-8-14(9-7-13)19-17(21)11-15-12-20-10-4-3-5-16(20)18-15/h3-10,12H,2,11H2,1H3,(H,19,21). The van der Waals surface area contributed by atoms with Gasteiger partial charge in [0, 0.05) is 18.1 Å². The number of nitrogens with one attached hydrogen (secondary N) is 1. The Bertz CT molecular complexity index is 726. The molecule has 0 fully saturated rings. The predicted molar refractivity (Wildman–Crippen MR) is 83.3 cm³/mol. The summed E-state index contributed by atoms with van der Waals surface area (Å²) in [5.74, 6) is -0.0531. The van der Waals surface area contributed by atoms with Gasteiger partial charge < -0.3 is 9.72 Å². The number of rotatable bonds is 4. The first-order chi connectivity index (χ1) is 10.2. The maximum Gasteiger partial charge on any atom is 0.230 e. The largest absolute Gasteiger partial charge is 0.326 e. The van der Waals surface area contributed by atoms with E-state index in [0.717, 1.165) is 23.4 Å². The smallest absolute Gasteiger partial charge is 0.230 e. The average molecular weight is 279 g/mol. The van der Waals surface area contributed by atoms with Gasteiger partial charge in [-0.25, -0.2) is 4.98 Å². The van der Waals surface area contributed by atoms with Gasteiger partial charge in [-0.05, 0) is 36.2 Å². The number of aryl methyl sites for hydroxylation is 1. The molecule has 2 aromatic heterocycles. The second kappa shape index (κ2) is 5.79. The highest BCUT2D eigenvalue weighted by Gasteiger charge is 2.07. The normalized spacial score (nSPS) is 10.7. The lowest BCUT2D eigenvalue weighted by atomic mass is 10.1. The van der Waals surface area contributed by atoms with E-state index >= 15 is 0 Å². The topological polar surface area (TPSA) is 46.4 Å². The highest BCUT2D eigenvalue weighted by molar-refractivity contribution is 5.92. The summed E-state index contributed by atoms with van der Waals surface area (Å²) in [7, 11) is 0. The van der Waals surface area contributed by atoms with E-state index in [4.69, 9.17) is 0 Å². The Balaban J connectivity index is 1.67. The minimum absolute atomic E-state index is 0.0531. The number of nitrogens with zero attached hydrogens (tertiary/aromatic N) is 2. The first-order valence-corrected chi connectivity index (χ1v) is 7.06. The Morgan fingerprint density at radius 3 is 2.71 bits per heavy atom. The molecule has 21 heavy (non-hydrogen) atoms. The molecule has 4 nitrogen and oxygen atoms in total. The lowest BCUT2D eigenvalue weighted by molar-refractivity contribution is -0.115.